The van der Waals surface area contributed by atoms with Crippen LogP contribution in [-0.4, -0.2) is 42.7 Å². The number of carbonyl (C=O) groups excluding carboxylic acids is 1. The number of nitrogens with zero attached hydrogens (tertiary/aromatic N) is 1. The van der Waals surface area contributed by atoms with Gasteiger partial charge in [-0.1, -0.05) is 18.2 Å². The lowest BCUT2D eigenvalue weighted by molar-refractivity contribution is -0.122. The summed E-state index contributed by atoms with van der Waals surface area (Å²) in [6, 6.07) is 6.42. The number of likely N-dealkylation sites (N-methyl/N-ethyl adjacent to an activating group) is 1. The Morgan fingerprint density at radius 2 is 2.05 bits per heavy atom. The fraction of sp³-hybridized carbons (Fsp3) is 0.533. The molecule has 0 bridgehead atoms. The largest absolute Gasteiger partial charge is 0.396 e. The molecule has 4 nitrogen and oxygen atoms in total. The molecule has 20 heavy (non-hydrogen) atoms. The van der Waals surface area contributed by atoms with E-state index >= 15 is 0 Å². The molecule has 5 heteroatoms. The Hall–Kier alpha value is -1.46. The van der Waals surface area contributed by atoms with Crippen molar-refractivity contribution in [2.45, 2.75) is 25.8 Å². The van der Waals surface area contributed by atoms with Gasteiger partial charge in [-0.05, 0) is 38.9 Å². The van der Waals surface area contributed by atoms with Gasteiger partial charge in [0.25, 0.3) is 0 Å². The molecule has 0 saturated heterocycles. The molecule has 0 heterocycles. The Morgan fingerprint density at radius 3 is 2.75 bits per heavy atom. The first-order valence-electron chi connectivity index (χ1n) is 6.93. The quantitative estimate of drug-likeness (QED) is 0.676. The van der Waals surface area contributed by atoms with Gasteiger partial charge in [0.05, 0.1) is 6.54 Å². The first-order chi connectivity index (χ1) is 9.63. The molecule has 0 aliphatic carbocycles. The number of nitrogens with one attached hydrogen (secondary N) is 1. The summed E-state index contributed by atoms with van der Waals surface area (Å²) in [5, 5.41) is 11.4. The van der Waals surface area contributed by atoms with E-state index in [0.717, 1.165) is 25.8 Å². The number of hydrogen-bond acceptors (Lipinski definition) is 3. The number of rotatable bonds is 9. The van der Waals surface area contributed by atoms with Crippen LogP contribution in [0.15, 0.2) is 24.3 Å². The van der Waals surface area contributed by atoms with E-state index < -0.39 is 0 Å². The van der Waals surface area contributed by atoms with Crippen LogP contribution >= 0.6 is 0 Å². The van der Waals surface area contributed by atoms with Gasteiger partial charge in [0, 0.05) is 18.7 Å². The van der Waals surface area contributed by atoms with Crippen molar-refractivity contribution in [3.05, 3.63) is 35.6 Å². The van der Waals surface area contributed by atoms with Crippen LogP contribution in [-0.2, 0) is 11.3 Å². The van der Waals surface area contributed by atoms with Gasteiger partial charge in [0.1, 0.15) is 5.82 Å². The van der Waals surface area contributed by atoms with E-state index in [-0.39, 0.29) is 24.9 Å². The second kappa shape index (κ2) is 9.44. The van der Waals surface area contributed by atoms with Gasteiger partial charge in [-0.2, -0.15) is 0 Å². The Morgan fingerprint density at radius 1 is 1.30 bits per heavy atom. The van der Waals surface area contributed by atoms with Gasteiger partial charge in [0.2, 0.25) is 5.91 Å². The minimum Gasteiger partial charge on any atom is -0.396 e. The zero-order valence-electron chi connectivity index (χ0n) is 11.9. The SMILES string of the molecule is CN(CCCCCO)CC(=O)NCc1ccccc1F. The van der Waals surface area contributed by atoms with Crippen molar-refractivity contribution in [1.82, 2.24) is 10.2 Å². The molecule has 0 spiro atoms. The van der Waals surface area contributed by atoms with E-state index in [1.54, 1.807) is 18.2 Å². The molecule has 0 atom stereocenters. The zero-order valence-corrected chi connectivity index (χ0v) is 11.9. The van der Waals surface area contributed by atoms with Crippen molar-refractivity contribution in [1.29, 1.82) is 0 Å². The van der Waals surface area contributed by atoms with Crippen LogP contribution < -0.4 is 5.32 Å². The molecule has 0 unspecified atom stereocenters. The first kappa shape index (κ1) is 16.6. The molecule has 1 amide bonds. The summed E-state index contributed by atoms with van der Waals surface area (Å²) in [4.78, 5) is 13.6. The number of amides is 1. The lowest BCUT2D eigenvalue weighted by Crippen LogP contribution is -2.35. The van der Waals surface area contributed by atoms with Gasteiger partial charge in [-0.15, -0.1) is 0 Å². The minimum atomic E-state index is -0.301. The molecule has 0 aromatic heterocycles. The van der Waals surface area contributed by atoms with Crippen LogP contribution in [0.25, 0.3) is 0 Å². The molecule has 0 saturated carbocycles. The second-order valence-electron chi connectivity index (χ2n) is 4.89. The maximum atomic E-state index is 13.4. The molecule has 1 aromatic rings. The third-order valence-electron chi connectivity index (χ3n) is 3.05. The van der Waals surface area contributed by atoms with E-state index in [0.29, 0.717) is 12.1 Å². The molecule has 1 aromatic carbocycles. The Kier molecular flexibility index (Phi) is 7.84. The highest BCUT2D eigenvalue weighted by molar-refractivity contribution is 5.77. The summed E-state index contributed by atoms with van der Waals surface area (Å²) in [6.07, 6.45) is 2.71. The number of aliphatic hydroxyl groups is 1. The number of carbonyl (C=O) groups is 1. The highest BCUT2D eigenvalue weighted by Crippen LogP contribution is 2.05. The number of halogens is 1. The summed E-state index contributed by atoms with van der Waals surface area (Å²) in [5.41, 5.74) is 0.492. The highest BCUT2D eigenvalue weighted by atomic mass is 19.1. The number of hydrogen-bond donors (Lipinski definition) is 2. The smallest absolute Gasteiger partial charge is 0.234 e. The monoisotopic (exact) mass is 282 g/mol. The molecule has 112 valence electrons. The van der Waals surface area contributed by atoms with E-state index in [2.05, 4.69) is 5.32 Å². The standard InChI is InChI=1S/C15H23FN2O2/c1-18(9-5-2-6-10-19)12-15(20)17-11-13-7-3-4-8-14(13)16/h3-4,7-8,19H,2,5-6,9-12H2,1H3,(H,17,20). The minimum absolute atomic E-state index is 0.113. The molecule has 0 aliphatic heterocycles. The summed E-state index contributed by atoms with van der Waals surface area (Å²) in [7, 11) is 1.88. The van der Waals surface area contributed by atoms with Crippen LogP contribution in [0.1, 0.15) is 24.8 Å². The Balaban J connectivity index is 2.21. The maximum Gasteiger partial charge on any atom is 0.234 e. The fourth-order valence-electron chi connectivity index (χ4n) is 1.89. The number of benzene rings is 1. The van der Waals surface area contributed by atoms with Gasteiger partial charge in [-0.3, -0.25) is 9.69 Å². The van der Waals surface area contributed by atoms with E-state index in [1.807, 2.05) is 11.9 Å². The van der Waals surface area contributed by atoms with Crippen molar-refractivity contribution in [2.75, 3.05) is 26.7 Å². The van der Waals surface area contributed by atoms with Crippen LogP contribution in [0.3, 0.4) is 0 Å². The third kappa shape index (κ3) is 6.63. The predicted molar refractivity (Wildman–Crippen MR) is 76.7 cm³/mol. The molecule has 0 aliphatic rings. The normalized spacial score (nSPS) is 10.8. The average molecular weight is 282 g/mol. The van der Waals surface area contributed by atoms with Gasteiger partial charge < -0.3 is 10.4 Å². The topological polar surface area (TPSA) is 52.6 Å². The van der Waals surface area contributed by atoms with E-state index in [9.17, 15) is 9.18 Å². The lowest BCUT2D eigenvalue weighted by Gasteiger charge is -2.16. The highest BCUT2D eigenvalue weighted by Gasteiger charge is 2.07. The first-order valence-corrected chi connectivity index (χ1v) is 6.93. The number of aliphatic hydroxyl groups excluding tert-OH is 1. The van der Waals surface area contributed by atoms with Crippen molar-refractivity contribution in [2.24, 2.45) is 0 Å². The Bertz CT molecular complexity index is 413. The molecule has 2 N–H and O–H groups in total. The number of unbranched alkanes of at least 4 members (excludes halogenated alkanes) is 2. The van der Waals surface area contributed by atoms with Crippen LogP contribution in [0, 0.1) is 5.82 Å². The molecule has 0 fully saturated rings. The van der Waals surface area contributed by atoms with Crippen molar-refractivity contribution in [3.63, 3.8) is 0 Å². The summed E-state index contributed by atoms with van der Waals surface area (Å²) in [6.45, 7) is 1.54. The van der Waals surface area contributed by atoms with Gasteiger partial charge in [0.15, 0.2) is 0 Å². The van der Waals surface area contributed by atoms with Crippen molar-refractivity contribution >= 4 is 5.91 Å². The molecule has 1 rings (SSSR count). The maximum absolute atomic E-state index is 13.4. The lowest BCUT2D eigenvalue weighted by atomic mass is 10.2. The molecule has 0 radical (unpaired) electrons. The Labute approximate surface area is 119 Å². The van der Waals surface area contributed by atoms with Gasteiger partial charge in [-0.25, -0.2) is 4.39 Å². The summed E-state index contributed by atoms with van der Waals surface area (Å²) in [5.74, 6) is -0.414. The van der Waals surface area contributed by atoms with E-state index in [1.165, 1.54) is 6.07 Å². The summed E-state index contributed by atoms with van der Waals surface area (Å²) >= 11 is 0. The van der Waals surface area contributed by atoms with Crippen molar-refractivity contribution < 1.29 is 14.3 Å². The second-order valence-corrected chi connectivity index (χ2v) is 4.89. The summed E-state index contributed by atoms with van der Waals surface area (Å²) < 4.78 is 13.4. The van der Waals surface area contributed by atoms with E-state index in [4.69, 9.17) is 5.11 Å². The fourth-order valence-corrected chi connectivity index (χ4v) is 1.89. The van der Waals surface area contributed by atoms with Crippen LogP contribution in [0.2, 0.25) is 0 Å². The van der Waals surface area contributed by atoms with Crippen LogP contribution in [0.4, 0.5) is 4.39 Å². The molecular formula is C15H23FN2O2. The predicted octanol–water partition coefficient (Wildman–Crippen LogP) is 1.54. The zero-order chi connectivity index (χ0) is 14.8. The average Bonchev–Trinajstić information content (AvgIpc) is 2.43. The third-order valence-corrected chi connectivity index (χ3v) is 3.05. The molecular weight excluding hydrogens is 259 g/mol. The van der Waals surface area contributed by atoms with Gasteiger partial charge >= 0.3 is 0 Å². The van der Waals surface area contributed by atoms with Crippen LogP contribution in [0.5, 0.6) is 0 Å². The van der Waals surface area contributed by atoms with Crippen molar-refractivity contribution in [3.8, 4) is 0 Å².